The molecule has 7 nitrogen and oxygen atoms in total. The van der Waals surface area contributed by atoms with E-state index in [1.165, 1.54) is 11.8 Å². The summed E-state index contributed by atoms with van der Waals surface area (Å²) in [5.41, 5.74) is 1.79. The highest BCUT2D eigenvalue weighted by Crippen LogP contribution is 2.25. The van der Waals surface area contributed by atoms with Crippen LogP contribution in [0.15, 0.2) is 23.4 Å². The van der Waals surface area contributed by atoms with Gasteiger partial charge in [0.05, 0.1) is 6.61 Å². The van der Waals surface area contributed by atoms with Crippen molar-refractivity contribution in [2.45, 2.75) is 18.0 Å². The van der Waals surface area contributed by atoms with E-state index in [0.29, 0.717) is 17.9 Å². The number of thioether (sulfide) groups is 1. The fourth-order valence-corrected chi connectivity index (χ4v) is 2.96. The molecule has 1 aliphatic rings. The standard InChI is InChI=1S/C14H17N5O2S/c1-19-14(16-17-18-19)22-8-6-15-13(20)11-4-5-12-10(9-11)3-2-7-21-12/h4-5,9H,2-3,6-8H2,1H3,(H,15,20). The first kappa shape index (κ1) is 14.8. The van der Waals surface area contributed by atoms with Crippen LogP contribution in [0.5, 0.6) is 5.75 Å². The highest BCUT2D eigenvalue weighted by atomic mass is 32.2. The number of rotatable bonds is 5. The van der Waals surface area contributed by atoms with E-state index in [1.54, 1.807) is 17.8 Å². The molecule has 8 heteroatoms. The van der Waals surface area contributed by atoms with Crippen molar-refractivity contribution >= 4 is 17.7 Å². The zero-order valence-corrected chi connectivity index (χ0v) is 13.1. The number of amides is 1. The summed E-state index contributed by atoms with van der Waals surface area (Å²) in [6, 6.07) is 5.60. The zero-order valence-electron chi connectivity index (χ0n) is 12.3. The Bertz CT molecular complexity index is 673. The third kappa shape index (κ3) is 3.38. The first-order chi connectivity index (χ1) is 10.7. The Hall–Kier alpha value is -2.09. The topological polar surface area (TPSA) is 81.9 Å². The zero-order chi connectivity index (χ0) is 15.4. The number of tetrazole rings is 1. The van der Waals surface area contributed by atoms with Crippen molar-refractivity contribution in [1.82, 2.24) is 25.5 Å². The highest BCUT2D eigenvalue weighted by Gasteiger charge is 2.13. The number of aromatic nitrogens is 4. The quantitative estimate of drug-likeness (QED) is 0.655. The second-order valence-electron chi connectivity index (χ2n) is 4.96. The Morgan fingerprint density at radius 1 is 1.50 bits per heavy atom. The number of benzene rings is 1. The SMILES string of the molecule is Cn1nnnc1SCCNC(=O)c1ccc2c(c1)CCCO2. The smallest absolute Gasteiger partial charge is 0.251 e. The lowest BCUT2D eigenvalue weighted by Gasteiger charge is -2.17. The van der Waals surface area contributed by atoms with Crippen molar-refractivity contribution in [3.8, 4) is 5.75 Å². The minimum atomic E-state index is -0.0648. The molecule has 0 fully saturated rings. The summed E-state index contributed by atoms with van der Waals surface area (Å²) in [6.07, 6.45) is 1.96. The molecule has 0 unspecified atom stereocenters. The van der Waals surface area contributed by atoms with Crippen LogP contribution in [0.3, 0.4) is 0 Å². The van der Waals surface area contributed by atoms with E-state index < -0.39 is 0 Å². The Kier molecular flexibility index (Phi) is 4.57. The monoisotopic (exact) mass is 319 g/mol. The van der Waals surface area contributed by atoms with E-state index in [9.17, 15) is 4.79 Å². The third-order valence-electron chi connectivity index (χ3n) is 3.37. The number of aryl methyl sites for hydroxylation is 2. The summed E-state index contributed by atoms with van der Waals surface area (Å²) in [5, 5.41) is 14.8. The van der Waals surface area contributed by atoms with Gasteiger partial charge in [0.1, 0.15) is 5.75 Å². The molecule has 1 amide bonds. The molecule has 2 heterocycles. The van der Waals surface area contributed by atoms with Crippen LogP contribution >= 0.6 is 11.8 Å². The van der Waals surface area contributed by atoms with E-state index >= 15 is 0 Å². The van der Waals surface area contributed by atoms with Crippen molar-refractivity contribution in [2.24, 2.45) is 7.05 Å². The lowest BCUT2D eigenvalue weighted by Crippen LogP contribution is -2.26. The second-order valence-corrected chi connectivity index (χ2v) is 6.03. The molecule has 3 rings (SSSR count). The molecule has 1 aromatic heterocycles. The third-order valence-corrected chi connectivity index (χ3v) is 4.38. The number of carbonyl (C=O) groups is 1. The summed E-state index contributed by atoms with van der Waals surface area (Å²) in [4.78, 5) is 12.2. The average Bonchev–Trinajstić information content (AvgIpc) is 2.96. The van der Waals surface area contributed by atoms with E-state index in [0.717, 1.165) is 35.9 Å². The first-order valence-electron chi connectivity index (χ1n) is 7.13. The van der Waals surface area contributed by atoms with Gasteiger partial charge < -0.3 is 10.1 Å². The van der Waals surface area contributed by atoms with E-state index in [-0.39, 0.29) is 5.91 Å². The molecule has 0 atom stereocenters. The van der Waals surface area contributed by atoms with Crippen LogP contribution in [0.1, 0.15) is 22.3 Å². The number of carbonyl (C=O) groups excluding carboxylic acids is 1. The molecule has 0 radical (unpaired) electrons. The lowest BCUT2D eigenvalue weighted by molar-refractivity contribution is 0.0956. The summed E-state index contributed by atoms with van der Waals surface area (Å²) in [5.74, 6) is 1.55. The number of hydrogen-bond donors (Lipinski definition) is 1. The van der Waals surface area contributed by atoms with E-state index in [4.69, 9.17) is 4.74 Å². The van der Waals surface area contributed by atoms with Gasteiger partial charge in [0.25, 0.3) is 5.91 Å². The Balaban J connectivity index is 1.50. The molecule has 0 aliphatic carbocycles. The van der Waals surface area contributed by atoms with Gasteiger partial charge >= 0.3 is 0 Å². The van der Waals surface area contributed by atoms with Gasteiger partial charge in [-0.15, -0.1) is 5.10 Å². The molecule has 0 saturated carbocycles. The summed E-state index contributed by atoms with van der Waals surface area (Å²) >= 11 is 1.51. The lowest BCUT2D eigenvalue weighted by atomic mass is 10.0. The van der Waals surface area contributed by atoms with Crippen LogP contribution in [0, 0.1) is 0 Å². The van der Waals surface area contributed by atoms with Gasteiger partial charge in [0.15, 0.2) is 0 Å². The average molecular weight is 319 g/mol. The molecule has 0 spiro atoms. The van der Waals surface area contributed by atoms with Crippen molar-refractivity contribution in [2.75, 3.05) is 18.9 Å². The molecule has 2 aromatic rings. The molecule has 1 aromatic carbocycles. The van der Waals surface area contributed by atoms with Gasteiger partial charge in [-0.3, -0.25) is 4.79 Å². The van der Waals surface area contributed by atoms with Gasteiger partial charge in [-0.25, -0.2) is 4.68 Å². The van der Waals surface area contributed by atoms with Gasteiger partial charge in [0, 0.05) is 24.9 Å². The van der Waals surface area contributed by atoms with Crippen LogP contribution in [-0.4, -0.2) is 45.0 Å². The predicted molar refractivity (Wildman–Crippen MR) is 82.1 cm³/mol. The summed E-state index contributed by atoms with van der Waals surface area (Å²) in [6.45, 7) is 1.32. The summed E-state index contributed by atoms with van der Waals surface area (Å²) < 4.78 is 7.16. The number of hydrogen-bond acceptors (Lipinski definition) is 6. The maximum atomic E-state index is 12.2. The summed E-state index contributed by atoms with van der Waals surface area (Å²) in [7, 11) is 1.79. The van der Waals surface area contributed by atoms with Crippen molar-refractivity contribution in [3.05, 3.63) is 29.3 Å². The normalized spacial score (nSPS) is 13.3. The predicted octanol–water partition coefficient (Wildman–Crippen LogP) is 1.06. The molecule has 0 saturated heterocycles. The maximum absolute atomic E-state index is 12.2. The van der Waals surface area contributed by atoms with E-state index in [1.807, 2.05) is 12.1 Å². The number of nitrogens with one attached hydrogen (secondary N) is 1. The number of nitrogens with zero attached hydrogens (tertiary/aromatic N) is 4. The van der Waals surface area contributed by atoms with Crippen molar-refractivity contribution in [3.63, 3.8) is 0 Å². The van der Waals surface area contributed by atoms with Gasteiger partial charge in [-0.1, -0.05) is 11.8 Å². The van der Waals surface area contributed by atoms with Gasteiger partial charge in [-0.2, -0.15) is 0 Å². The second kappa shape index (κ2) is 6.78. The first-order valence-corrected chi connectivity index (χ1v) is 8.11. The molecule has 0 bridgehead atoms. The molecule has 116 valence electrons. The van der Waals surface area contributed by atoms with Crippen LogP contribution in [0.25, 0.3) is 0 Å². The Morgan fingerprint density at radius 3 is 3.23 bits per heavy atom. The van der Waals surface area contributed by atoms with Crippen LogP contribution < -0.4 is 10.1 Å². The Morgan fingerprint density at radius 2 is 2.41 bits per heavy atom. The van der Waals surface area contributed by atoms with Gasteiger partial charge in [0.2, 0.25) is 5.16 Å². The maximum Gasteiger partial charge on any atom is 0.251 e. The molecule has 1 aliphatic heterocycles. The molecular formula is C14H17N5O2S. The minimum absolute atomic E-state index is 0.0648. The number of fused-ring (bicyclic) bond motifs is 1. The molecule has 22 heavy (non-hydrogen) atoms. The largest absolute Gasteiger partial charge is 0.493 e. The number of ether oxygens (including phenoxy) is 1. The fraction of sp³-hybridized carbons (Fsp3) is 0.429. The van der Waals surface area contributed by atoms with Gasteiger partial charge in [-0.05, 0) is 47.0 Å². The Labute approximate surface area is 132 Å². The molecular weight excluding hydrogens is 302 g/mol. The van der Waals surface area contributed by atoms with Crippen molar-refractivity contribution < 1.29 is 9.53 Å². The van der Waals surface area contributed by atoms with Crippen LogP contribution in [0.2, 0.25) is 0 Å². The minimum Gasteiger partial charge on any atom is -0.493 e. The molecule has 1 N–H and O–H groups in total. The van der Waals surface area contributed by atoms with Crippen LogP contribution in [0.4, 0.5) is 0 Å². The highest BCUT2D eigenvalue weighted by molar-refractivity contribution is 7.99. The van der Waals surface area contributed by atoms with Crippen LogP contribution in [-0.2, 0) is 13.5 Å². The van der Waals surface area contributed by atoms with E-state index in [2.05, 4.69) is 20.8 Å². The van der Waals surface area contributed by atoms with Crippen molar-refractivity contribution in [1.29, 1.82) is 0 Å². The fourth-order valence-electron chi connectivity index (χ4n) is 2.25.